The Hall–Kier alpha value is -0.120. The lowest BCUT2D eigenvalue weighted by Crippen LogP contribution is -2.58. The lowest BCUT2D eigenvalue weighted by atomic mass is 10.1. The Morgan fingerprint density at radius 2 is 1.80 bits per heavy atom. The lowest BCUT2D eigenvalue weighted by molar-refractivity contribution is -0.00146. The molecule has 0 aliphatic carbocycles. The van der Waals surface area contributed by atoms with Crippen molar-refractivity contribution in [2.45, 2.75) is 45.8 Å². The third-order valence-electron chi connectivity index (χ3n) is 3.31. The minimum absolute atomic E-state index is 0.561. The lowest BCUT2D eigenvalue weighted by Gasteiger charge is -2.44. The van der Waals surface area contributed by atoms with Crippen molar-refractivity contribution >= 4 is 0 Å². The van der Waals surface area contributed by atoms with E-state index in [2.05, 4.69) is 37.5 Å². The third kappa shape index (κ3) is 3.44. The molecule has 1 fully saturated rings. The Labute approximate surface area is 94.4 Å². The van der Waals surface area contributed by atoms with E-state index in [-0.39, 0.29) is 0 Å². The molecular weight excluding hydrogens is 188 g/mol. The molecule has 0 aromatic rings. The Balaban J connectivity index is 2.56. The molecule has 0 unspecified atom stereocenters. The Kier molecular flexibility index (Phi) is 5.03. The normalized spacial score (nSPS) is 25.4. The Morgan fingerprint density at radius 1 is 1.13 bits per heavy atom. The fraction of sp³-hybridized carbons (Fsp3) is 1.00. The van der Waals surface area contributed by atoms with E-state index in [1.165, 1.54) is 13.1 Å². The molecule has 0 saturated carbocycles. The van der Waals surface area contributed by atoms with Crippen molar-refractivity contribution in [2.24, 2.45) is 0 Å². The predicted molar refractivity (Wildman–Crippen MR) is 64.2 cm³/mol. The molecule has 0 radical (unpaired) electrons. The number of rotatable bonds is 4. The predicted octanol–water partition coefficient (Wildman–Crippen LogP) is 1.44. The number of hydrogen-bond acceptors (Lipinski definition) is 3. The van der Waals surface area contributed by atoms with Gasteiger partial charge >= 0.3 is 0 Å². The first-order chi connectivity index (χ1) is 7.06. The molecule has 1 rings (SSSR count). The van der Waals surface area contributed by atoms with Crippen LogP contribution in [0.3, 0.4) is 0 Å². The third-order valence-corrected chi connectivity index (χ3v) is 3.31. The van der Waals surface area contributed by atoms with Crippen molar-refractivity contribution in [3.8, 4) is 0 Å². The molecule has 0 amide bonds. The summed E-state index contributed by atoms with van der Waals surface area (Å²) in [5, 5.41) is 0. The second kappa shape index (κ2) is 5.83. The standard InChI is InChI=1S/C12H26N2O/c1-10(2)13-6-7-14(11(3)4)12(8-13)9-15-5/h10-12H,6-9H2,1-5H3/t12-/m1/s1. The maximum atomic E-state index is 5.32. The molecule has 90 valence electrons. The van der Waals surface area contributed by atoms with Gasteiger partial charge in [0, 0.05) is 44.9 Å². The van der Waals surface area contributed by atoms with Crippen molar-refractivity contribution < 1.29 is 4.74 Å². The van der Waals surface area contributed by atoms with Crippen LogP contribution in [0.25, 0.3) is 0 Å². The van der Waals surface area contributed by atoms with E-state index < -0.39 is 0 Å². The van der Waals surface area contributed by atoms with Crippen LogP contribution in [0.1, 0.15) is 27.7 Å². The average molecular weight is 214 g/mol. The summed E-state index contributed by atoms with van der Waals surface area (Å²) in [5.74, 6) is 0. The Morgan fingerprint density at radius 3 is 2.27 bits per heavy atom. The van der Waals surface area contributed by atoms with Crippen LogP contribution in [-0.2, 0) is 4.74 Å². The van der Waals surface area contributed by atoms with Gasteiger partial charge in [-0.05, 0) is 27.7 Å². The molecule has 1 aliphatic heterocycles. The topological polar surface area (TPSA) is 15.7 Å². The molecule has 1 aliphatic rings. The first kappa shape index (κ1) is 12.9. The van der Waals surface area contributed by atoms with E-state index in [1.54, 1.807) is 7.11 Å². The van der Waals surface area contributed by atoms with Gasteiger partial charge in [-0.15, -0.1) is 0 Å². The zero-order valence-corrected chi connectivity index (χ0v) is 10.9. The molecule has 1 saturated heterocycles. The van der Waals surface area contributed by atoms with Gasteiger partial charge < -0.3 is 4.74 Å². The smallest absolute Gasteiger partial charge is 0.0630 e. The molecule has 3 heteroatoms. The fourth-order valence-corrected chi connectivity index (χ4v) is 2.38. The van der Waals surface area contributed by atoms with Crippen LogP contribution in [0.4, 0.5) is 0 Å². The summed E-state index contributed by atoms with van der Waals surface area (Å²) in [4.78, 5) is 5.10. The molecule has 0 aromatic heterocycles. The molecule has 3 nitrogen and oxygen atoms in total. The van der Waals surface area contributed by atoms with Gasteiger partial charge in [-0.2, -0.15) is 0 Å². The van der Waals surface area contributed by atoms with Crippen molar-refractivity contribution in [1.29, 1.82) is 0 Å². The highest BCUT2D eigenvalue weighted by molar-refractivity contribution is 4.85. The summed E-state index contributed by atoms with van der Waals surface area (Å²) in [6.07, 6.45) is 0. The van der Waals surface area contributed by atoms with Crippen LogP contribution in [0, 0.1) is 0 Å². The second-order valence-electron chi connectivity index (χ2n) is 5.03. The monoisotopic (exact) mass is 214 g/mol. The first-order valence-corrected chi connectivity index (χ1v) is 6.05. The van der Waals surface area contributed by atoms with E-state index in [0.29, 0.717) is 18.1 Å². The van der Waals surface area contributed by atoms with Crippen LogP contribution in [-0.4, -0.2) is 61.3 Å². The highest BCUT2D eigenvalue weighted by Gasteiger charge is 2.29. The maximum Gasteiger partial charge on any atom is 0.0630 e. The van der Waals surface area contributed by atoms with Crippen LogP contribution >= 0.6 is 0 Å². The van der Waals surface area contributed by atoms with Crippen molar-refractivity contribution in [3.05, 3.63) is 0 Å². The van der Waals surface area contributed by atoms with Gasteiger partial charge in [0.05, 0.1) is 6.61 Å². The van der Waals surface area contributed by atoms with Gasteiger partial charge in [0.15, 0.2) is 0 Å². The van der Waals surface area contributed by atoms with Crippen molar-refractivity contribution in [1.82, 2.24) is 9.80 Å². The average Bonchev–Trinajstić information content (AvgIpc) is 2.17. The van der Waals surface area contributed by atoms with Gasteiger partial charge in [-0.25, -0.2) is 0 Å². The highest BCUT2D eigenvalue weighted by Crippen LogP contribution is 2.15. The molecule has 1 atom stereocenters. The van der Waals surface area contributed by atoms with E-state index >= 15 is 0 Å². The zero-order valence-electron chi connectivity index (χ0n) is 10.9. The minimum atomic E-state index is 0.561. The summed E-state index contributed by atoms with van der Waals surface area (Å²) in [7, 11) is 1.80. The zero-order chi connectivity index (χ0) is 11.4. The largest absolute Gasteiger partial charge is 0.383 e. The molecule has 0 aromatic carbocycles. The molecular formula is C12H26N2O. The van der Waals surface area contributed by atoms with Crippen LogP contribution < -0.4 is 0 Å². The van der Waals surface area contributed by atoms with Crippen molar-refractivity contribution in [3.63, 3.8) is 0 Å². The van der Waals surface area contributed by atoms with Gasteiger partial charge in [0.1, 0.15) is 0 Å². The van der Waals surface area contributed by atoms with E-state index in [0.717, 1.165) is 13.2 Å². The maximum absolute atomic E-state index is 5.32. The number of hydrogen-bond donors (Lipinski definition) is 0. The summed E-state index contributed by atoms with van der Waals surface area (Å²) in [5.41, 5.74) is 0. The summed E-state index contributed by atoms with van der Waals surface area (Å²) >= 11 is 0. The van der Waals surface area contributed by atoms with Crippen LogP contribution in [0.5, 0.6) is 0 Å². The second-order valence-corrected chi connectivity index (χ2v) is 5.03. The quantitative estimate of drug-likeness (QED) is 0.704. The molecule has 1 heterocycles. The molecule has 0 bridgehead atoms. The minimum Gasteiger partial charge on any atom is -0.383 e. The van der Waals surface area contributed by atoms with Gasteiger partial charge in [-0.3, -0.25) is 9.80 Å². The number of piperazine rings is 1. The molecule has 0 spiro atoms. The number of methoxy groups -OCH3 is 1. The number of ether oxygens (including phenoxy) is 1. The van der Waals surface area contributed by atoms with E-state index in [1.807, 2.05) is 0 Å². The van der Waals surface area contributed by atoms with Crippen LogP contribution in [0.15, 0.2) is 0 Å². The van der Waals surface area contributed by atoms with E-state index in [4.69, 9.17) is 4.74 Å². The molecule has 0 N–H and O–H groups in total. The first-order valence-electron chi connectivity index (χ1n) is 6.05. The summed E-state index contributed by atoms with van der Waals surface area (Å²) < 4.78 is 5.32. The van der Waals surface area contributed by atoms with Gasteiger partial charge in [0.25, 0.3) is 0 Å². The fourth-order valence-electron chi connectivity index (χ4n) is 2.38. The Bertz CT molecular complexity index is 182. The number of nitrogens with zero attached hydrogens (tertiary/aromatic N) is 2. The van der Waals surface area contributed by atoms with Gasteiger partial charge in [-0.1, -0.05) is 0 Å². The van der Waals surface area contributed by atoms with Crippen LogP contribution in [0.2, 0.25) is 0 Å². The van der Waals surface area contributed by atoms with E-state index in [9.17, 15) is 0 Å². The highest BCUT2D eigenvalue weighted by atomic mass is 16.5. The van der Waals surface area contributed by atoms with Gasteiger partial charge in [0.2, 0.25) is 0 Å². The molecule has 15 heavy (non-hydrogen) atoms. The summed E-state index contributed by atoms with van der Waals surface area (Å²) in [6, 6.07) is 1.84. The van der Waals surface area contributed by atoms with Crippen molar-refractivity contribution in [2.75, 3.05) is 33.4 Å². The SMILES string of the molecule is COC[C@H]1CN(C(C)C)CCN1C(C)C. The summed E-state index contributed by atoms with van der Waals surface area (Å²) in [6.45, 7) is 13.4.